The molecule has 2 atom stereocenters. The van der Waals surface area contributed by atoms with Gasteiger partial charge in [0.25, 0.3) is 5.91 Å². The molecule has 1 aliphatic rings. The van der Waals surface area contributed by atoms with E-state index in [9.17, 15) is 18.8 Å². The minimum atomic E-state index is -1.27. The third-order valence-electron chi connectivity index (χ3n) is 7.50. The van der Waals surface area contributed by atoms with Crippen molar-refractivity contribution in [3.63, 3.8) is 0 Å². The number of alkyl halides is 1. The minimum absolute atomic E-state index is 0.0361. The smallest absolute Gasteiger partial charge is 0.410 e. The molecule has 5 aromatic rings. The highest BCUT2D eigenvalue weighted by molar-refractivity contribution is 7.17. The van der Waals surface area contributed by atoms with Crippen molar-refractivity contribution < 1.29 is 28.2 Å². The number of ether oxygens (including phenoxy) is 2. The minimum Gasteiger partial charge on any atom is -0.462 e. The van der Waals surface area contributed by atoms with E-state index in [1.807, 2.05) is 30.3 Å². The van der Waals surface area contributed by atoms with Crippen LogP contribution in [0.4, 0.5) is 20.1 Å². The van der Waals surface area contributed by atoms with Gasteiger partial charge in [0.2, 0.25) is 0 Å². The van der Waals surface area contributed by atoms with Crippen LogP contribution in [-0.4, -0.2) is 61.5 Å². The topological polar surface area (TPSA) is 154 Å². The summed E-state index contributed by atoms with van der Waals surface area (Å²) in [6.45, 7) is 3.54. The number of rotatable bonds is 8. The van der Waals surface area contributed by atoms with Crippen LogP contribution in [0.3, 0.4) is 0 Å². The molecule has 14 heteroatoms. The Kier molecular flexibility index (Phi) is 8.61. The first-order valence-corrected chi connectivity index (χ1v) is 15.3. The number of nitrogens with one attached hydrogen (secondary N) is 1. The van der Waals surface area contributed by atoms with Crippen molar-refractivity contribution >= 4 is 45.8 Å². The van der Waals surface area contributed by atoms with Crippen LogP contribution in [-0.2, 0) is 16.1 Å². The van der Waals surface area contributed by atoms with E-state index in [1.54, 1.807) is 48.7 Å². The van der Waals surface area contributed by atoms with Crippen LogP contribution in [0.5, 0.6) is 0 Å². The van der Waals surface area contributed by atoms with Crippen molar-refractivity contribution in [1.82, 2.24) is 24.3 Å². The quantitative estimate of drug-likeness (QED) is 0.206. The molecular weight excluding hydrogens is 613 g/mol. The second-order valence-corrected chi connectivity index (χ2v) is 11.6. The average molecular weight is 644 g/mol. The van der Waals surface area contributed by atoms with Crippen LogP contribution < -0.4 is 11.1 Å². The Morgan fingerprint density at radius 3 is 2.59 bits per heavy atom. The third kappa shape index (κ3) is 6.11. The number of nitrogens with two attached hydrogens (primary N) is 1. The number of likely N-dealkylation sites (tertiary alicyclic amines) is 1. The van der Waals surface area contributed by atoms with Gasteiger partial charge in [-0.1, -0.05) is 53.8 Å². The number of carbonyl (C=O) groups excluding carboxylic acids is 3. The summed E-state index contributed by atoms with van der Waals surface area (Å²) in [7, 11) is 0. The van der Waals surface area contributed by atoms with Gasteiger partial charge in [-0.2, -0.15) is 0 Å². The van der Waals surface area contributed by atoms with E-state index < -0.39 is 30.2 Å². The van der Waals surface area contributed by atoms with E-state index in [4.69, 9.17) is 20.2 Å². The number of imidazole rings is 1. The van der Waals surface area contributed by atoms with Crippen LogP contribution in [0.2, 0.25) is 0 Å². The summed E-state index contributed by atoms with van der Waals surface area (Å²) in [5.74, 6) is -0.302. The molecule has 3 aromatic heterocycles. The van der Waals surface area contributed by atoms with Crippen molar-refractivity contribution in [2.45, 2.75) is 39.1 Å². The number of anilines is 2. The van der Waals surface area contributed by atoms with Crippen molar-refractivity contribution in [2.75, 3.05) is 24.2 Å². The fourth-order valence-electron chi connectivity index (χ4n) is 5.34. The predicted molar refractivity (Wildman–Crippen MR) is 169 cm³/mol. The number of esters is 1. The lowest BCUT2D eigenvalue weighted by Gasteiger charge is -2.23. The van der Waals surface area contributed by atoms with E-state index in [1.165, 1.54) is 11.1 Å². The fraction of sp³-hybridized carbons (Fsp3) is 0.250. The molecule has 2 amide bonds. The maximum atomic E-state index is 14.8. The number of nitrogens with zero attached hydrogens (tertiary/aromatic N) is 5. The lowest BCUT2D eigenvalue weighted by atomic mass is 10.1. The standard InChI is InChI=1S/C32H30FN7O5S/c1-3-44-30(42)26-18(2)36-31(46-26)38-29(41)21-11-9-20(10-12-21)24-25-27(34)35-13-14-39(25)28(37-24)23-15-22(33)16-40(23)32(43)45-17-19-7-5-4-6-8-19/h4-14,22-23H,3,15-17H2,1-2H3,(H2,34,35)(H,36,38,41)/t22-,23+/m1/s1. The average Bonchev–Trinajstić information content (AvgIpc) is 3.75. The number of nitrogen functional groups attached to an aromatic ring is 1. The summed E-state index contributed by atoms with van der Waals surface area (Å²) >= 11 is 1.04. The van der Waals surface area contributed by atoms with Gasteiger partial charge in [0, 0.05) is 29.9 Å². The molecule has 1 fully saturated rings. The summed E-state index contributed by atoms with van der Waals surface area (Å²) < 4.78 is 27.1. The van der Waals surface area contributed by atoms with Gasteiger partial charge >= 0.3 is 12.1 Å². The van der Waals surface area contributed by atoms with Gasteiger partial charge in [-0.15, -0.1) is 0 Å². The second-order valence-electron chi connectivity index (χ2n) is 10.6. The Labute approximate surface area is 267 Å². The summed E-state index contributed by atoms with van der Waals surface area (Å²) in [4.78, 5) is 53.3. The zero-order valence-electron chi connectivity index (χ0n) is 25.0. The Morgan fingerprint density at radius 2 is 1.85 bits per heavy atom. The number of fused-ring (bicyclic) bond motifs is 1. The van der Waals surface area contributed by atoms with E-state index >= 15 is 0 Å². The molecule has 1 saturated heterocycles. The van der Waals surface area contributed by atoms with Gasteiger partial charge in [0.15, 0.2) is 5.13 Å². The van der Waals surface area contributed by atoms with E-state index in [2.05, 4.69) is 15.3 Å². The number of aryl methyl sites for hydroxylation is 1. The van der Waals surface area contributed by atoms with Gasteiger partial charge in [-0.3, -0.25) is 19.4 Å². The highest BCUT2D eigenvalue weighted by Gasteiger charge is 2.40. The highest BCUT2D eigenvalue weighted by atomic mass is 32.1. The second kappa shape index (κ2) is 12.9. The molecular formula is C32H30FN7O5S. The summed E-state index contributed by atoms with van der Waals surface area (Å²) in [5, 5.41) is 2.99. The molecule has 6 rings (SSSR count). The van der Waals surface area contributed by atoms with E-state index in [0.29, 0.717) is 38.7 Å². The fourth-order valence-corrected chi connectivity index (χ4v) is 6.20. The highest BCUT2D eigenvalue weighted by Crippen LogP contribution is 2.38. The number of amides is 2. The summed E-state index contributed by atoms with van der Waals surface area (Å²) in [5.41, 5.74) is 9.50. The molecule has 3 N–H and O–H groups in total. The molecule has 0 saturated carbocycles. The maximum absolute atomic E-state index is 14.8. The number of hydrogen-bond donors (Lipinski definition) is 2. The lowest BCUT2D eigenvalue weighted by molar-refractivity contribution is 0.0530. The number of hydrogen-bond acceptors (Lipinski definition) is 10. The van der Waals surface area contributed by atoms with E-state index in [-0.39, 0.29) is 37.1 Å². The van der Waals surface area contributed by atoms with Crippen LogP contribution in [0.15, 0.2) is 67.0 Å². The maximum Gasteiger partial charge on any atom is 0.410 e. The van der Waals surface area contributed by atoms with Crippen LogP contribution in [0.25, 0.3) is 16.8 Å². The number of benzene rings is 2. The number of halogens is 1. The molecule has 0 spiro atoms. The summed E-state index contributed by atoms with van der Waals surface area (Å²) in [6.07, 6.45) is 1.30. The molecule has 12 nitrogen and oxygen atoms in total. The normalized spacial score (nSPS) is 16.0. The largest absolute Gasteiger partial charge is 0.462 e. The van der Waals surface area contributed by atoms with Crippen LogP contribution in [0.1, 0.15) is 56.5 Å². The van der Waals surface area contributed by atoms with Crippen molar-refractivity contribution in [3.05, 3.63) is 94.5 Å². The van der Waals surface area contributed by atoms with E-state index in [0.717, 1.165) is 16.9 Å². The first kappa shape index (κ1) is 30.6. The van der Waals surface area contributed by atoms with Crippen molar-refractivity contribution in [3.8, 4) is 11.3 Å². The molecule has 0 radical (unpaired) electrons. The zero-order valence-corrected chi connectivity index (χ0v) is 25.8. The van der Waals surface area contributed by atoms with Crippen LogP contribution in [0, 0.1) is 6.92 Å². The molecule has 236 valence electrons. The van der Waals surface area contributed by atoms with Gasteiger partial charge in [0.05, 0.1) is 24.9 Å². The predicted octanol–water partition coefficient (Wildman–Crippen LogP) is 5.59. The lowest BCUT2D eigenvalue weighted by Crippen LogP contribution is -2.32. The zero-order chi connectivity index (χ0) is 32.4. The molecule has 1 aliphatic heterocycles. The third-order valence-corrected chi connectivity index (χ3v) is 8.55. The number of thiazole rings is 1. The first-order valence-electron chi connectivity index (χ1n) is 14.5. The van der Waals surface area contributed by atoms with Crippen LogP contribution >= 0.6 is 11.3 Å². The van der Waals surface area contributed by atoms with Gasteiger partial charge in [-0.25, -0.2) is 28.9 Å². The Morgan fingerprint density at radius 1 is 1.09 bits per heavy atom. The first-order chi connectivity index (χ1) is 22.2. The van der Waals surface area contributed by atoms with Crippen molar-refractivity contribution in [1.29, 1.82) is 0 Å². The monoisotopic (exact) mass is 643 g/mol. The number of carbonyl (C=O) groups is 3. The van der Waals surface area contributed by atoms with Gasteiger partial charge in [0.1, 0.15) is 40.5 Å². The van der Waals surface area contributed by atoms with Gasteiger partial charge < -0.3 is 15.2 Å². The van der Waals surface area contributed by atoms with Crippen molar-refractivity contribution in [2.24, 2.45) is 0 Å². The van der Waals surface area contributed by atoms with Gasteiger partial charge in [-0.05, 0) is 31.5 Å². The Bertz CT molecular complexity index is 1910. The Balaban J connectivity index is 1.25. The molecule has 0 bridgehead atoms. The summed E-state index contributed by atoms with van der Waals surface area (Å²) in [6, 6.07) is 15.2. The molecule has 4 heterocycles. The Hall–Kier alpha value is -5.37. The SMILES string of the molecule is CCOC(=O)c1sc(NC(=O)c2ccc(-c3nc([C@@H]4C[C@@H](F)CN4C(=O)OCc4ccccc4)n4ccnc(N)c34)cc2)nc1C. The number of aromatic nitrogens is 4. The molecule has 46 heavy (non-hydrogen) atoms. The molecule has 2 aromatic carbocycles. The molecule has 0 unspecified atom stereocenters. The molecule has 0 aliphatic carbocycles.